The van der Waals surface area contributed by atoms with E-state index in [1.54, 1.807) is 17.0 Å². The number of carbonyl (C=O) groups excluding carboxylic acids is 1. The Labute approximate surface area is 200 Å². The average molecular weight is 473 g/mol. The molecule has 2 fully saturated rings. The van der Waals surface area contributed by atoms with Crippen molar-refractivity contribution in [2.45, 2.75) is 26.4 Å². The molecule has 1 amide bonds. The van der Waals surface area contributed by atoms with Crippen LogP contribution in [0.15, 0.2) is 24.3 Å². The lowest BCUT2D eigenvalue weighted by molar-refractivity contribution is 0.0240. The number of nitrogens with two attached hydrogens (primary N) is 2. The monoisotopic (exact) mass is 472 g/mol. The molecule has 0 atom stereocenters. The molecule has 2 aromatic heterocycles. The van der Waals surface area contributed by atoms with Crippen LogP contribution in [0.1, 0.15) is 20.8 Å². The molecule has 0 spiro atoms. The van der Waals surface area contributed by atoms with Gasteiger partial charge in [0.05, 0.1) is 0 Å². The Morgan fingerprint density at radius 1 is 0.765 bits per heavy atom. The smallest absolute Gasteiger partial charge is 0.410 e. The van der Waals surface area contributed by atoms with Crippen molar-refractivity contribution < 1.29 is 9.53 Å². The Balaban J connectivity index is 0.000000202. The van der Waals surface area contributed by atoms with E-state index in [4.69, 9.17) is 16.2 Å². The molecule has 4 rings (SSSR count). The molecule has 12 heteroatoms. The van der Waals surface area contributed by atoms with Crippen molar-refractivity contribution >= 4 is 29.4 Å². The van der Waals surface area contributed by atoms with Crippen LogP contribution in [-0.4, -0.2) is 101 Å². The van der Waals surface area contributed by atoms with Crippen LogP contribution < -0.4 is 21.3 Å². The number of nitrogen functional groups attached to an aromatic ring is 2. The van der Waals surface area contributed by atoms with E-state index in [2.05, 4.69) is 42.1 Å². The van der Waals surface area contributed by atoms with Crippen LogP contribution >= 0.6 is 0 Å². The molecule has 4 N–H and O–H groups in total. The second kappa shape index (κ2) is 11.1. The molecule has 2 aliphatic rings. The molecule has 0 radical (unpaired) electrons. The summed E-state index contributed by atoms with van der Waals surface area (Å²) in [7, 11) is 2.13. The Morgan fingerprint density at radius 2 is 1.21 bits per heavy atom. The van der Waals surface area contributed by atoms with Crippen molar-refractivity contribution in [2.75, 3.05) is 80.7 Å². The van der Waals surface area contributed by atoms with Crippen molar-refractivity contribution in [1.29, 1.82) is 0 Å². The zero-order chi connectivity index (χ0) is 24.7. The maximum absolute atomic E-state index is 11.9. The fourth-order valence-corrected chi connectivity index (χ4v) is 3.49. The van der Waals surface area contributed by atoms with E-state index in [0.29, 0.717) is 37.8 Å². The van der Waals surface area contributed by atoms with Crippen molar-refractivity contribution in [3.63, 3.8) is 0 Å². The number of piperazine rings is 2. The molecule has 2 aromatic rings. The molecule has 12 nitrogen and oxygen atoms in total. The molecule has 0 unspecified atom stereocenters. The third kappa shape index (κ3) is 7.58. The van der Waals surface area contributed by atoms with Gasteiger partial charge in [-0.1, -0.05) is 0 Å². The fraction of sp³-hybridized carbons (Fsp3) is 0.591. The zero-order valence-electron chi connectivity index (χ0n) is 20.5. The van der Waals surface area contributed by atoms with E-state index >= 15 is 0 Å². The summed E-state index contributed by atoms with van der Waals surface area (Å²) in [5, 5.41) is 15.8. The summed E-state index contributed by atoms with van der Waals surface area (Å²) in [6, 6.07) is 7.28. The topological polar surface area (TPSA) is 143 Å². The first-order valence-corrected chi connectivity index (χ1v) is 11.5. The van der Waals surface area contributed by atoms with Gasteiger partial charge in [-0.05, 0) is 52.1 Å². The molecule has 186 valence electrons. The minimum absolute atomic E-state index is 0.263. The number of carbonyl (C=O) groups is 1. The predicted molar refractivity (Wildman–Crippen MR) is 133 cm³/mol. The average Bonchev–Trinajstić information content (AvgIpc) is 2.80. The quantitative estimate of drug-likeness (QED) is 0.644. The molecule has 4 heterocycles. The maximum atomic E-state index is 11.9. The van der Waals surface area contributed by atoms with E-state index in [9.17, 15) is 4.79 Å². The number of nitrogens with zero attached hydrogens (tertiary/aromatic N) is 8. The highest BCUT2D eigenvalue weighted by Crippen LogP contribution is 2.16. The van der Waals surface area contributed by atoms with Gasteiger partial charge in [0.2, 0.25) is 0 Å². The standard InChI is InChI=1S/C13H21N5O2.C9H15N5/c1-13(2,3)20-12(19)18-8-6-17(7-9-18)11-5-4-10(14)15-16-11;1-13-4-6-14(7-5-13)9-3-2-8(10)11-12-9/h4-5H,6-9H2,1-3H3,(H2,14,15);2-3H,4-7H2,1H3,(H2,10,11). The predicted octanol–water partition coefficient (Wildman–Crippen LogP) is 0.927. The Kier molecular flexibility index (Phi) is 8.26. The van der Waals surface area contributed by atoms with Gasteiger partial charge in [0.15, 0.2) is 11.6 Å². The number of hydrogen-bond donors (Lipinski definition) is 2. The summed E-state index contributed by atoms with van der Waals surface area (Å²) < 4.78 is 5.36. The molecular formula is C22H36N10O2. The molecule has 0 bridgehead atoms. The molecule has 2 aliphatic heterocycles. The van der Waals surface area contributed by atoms with Gasteiger partial charge in [-0.3, -0.25) is 0 Å². The summed E-state index contributed by atoms with van der Waals surface area (Å²) in [6.45, 7) is 12.4. The van der Waals surface area contributed by atoms with Crippen molar-refractivity contribution in [3.05, 3.63) is 24.3 Å². The van der Waals surface area contributed by atoms with E-state index < -0.39 is 5.60 Å². The van der Waals surface area contributed by atoms with Gasteiger partial charge in [0.25, 0.3) is 0 Å². The third-order valence-electron chi connectivity index (χ3n) is 5.42. The molecular weight excluding hydrogens is 436 g/mol. The summed E-state index contributed by atoms with van der Waals surface area (Å²) in [5.41, 5.74) is 10.5. The van der Waals surface area contributed by atoms with Crippen LogP contribution in [0.2, 0.25) is 0 Å². The van der Waals surface area contributed by atoms with Crippen molar-refractivity contribution in [3.8, 4) is 0 Å². The van der Waals surface area contributed by atoms with E-state index in [-0.39, 0.29) is 6.09 Å². The van der Waals surface area contributed by atoms with E-state index in [1.165, 1.54) is 0 Å². The number of likely N-dealkylation sites (N-methyl/N-ethyl adjacent to an activating group) is 1. The molecule has 2 saturated heterocycles. The van der Waals surface area contributed by atoms with Gasteiger partial charge < -0.3 is 35.8 Å². The minimum atomic E-state index is -0.462. The third-order valence-corrected chi connectivity index (χ3v) is 5.42. The van der Waals surface area contributed by atoms with Crippen LogP contribution in [0.4, 0.5) is 28.1 Å². The maximum Gasteiger partial charge on any atom is 0.410 e. The summed E-state index contributed by atoms with van der Waals surface area (Å²) in [4.78, 5) is 20.3. The van der Waals surface area contributed by atoms with Gasteiger partial charge in [-0.15, -0.1) is 20.4 Å². The van der Waals surface area contributed by atoms with E-state index in [0.717, 1.165) is 37.8 Å². The normalized spacial score (nSPS) is 17.1. The SMILES string of the molecule is CC(C)(C)OC(=O)N1CCN(c2ccc(N)nn2)CC1.CN1CCN(c2ccc(N)nn2)CC1. The second-order valence-electron chi connectivity index (χ2n) is 9.38. The molecule has 0 aromatic carbocycles. The van der Waals surface area contributed by atoms with Gasteiger partial charge >= 0.3 is 6.09 Å². The second-order valence-corrected chi connectivity index (χ2v) is 9.38. The lowest BCUT2D eigenvalue weighted by atomic mass is 10.2. The molecule has 0 saturated carbocycles. The van der Waals surface area contributed by atoms with Crippen LogP contribution in [0.3, 0.4) is 0 Å². The molecule has 0 aliphatic carbocycles. The first kappa shape index (κ1) is 25.2. The van der Waals surface area contributed by atoms with Gasteiger partial charge in [-0.2, -0.15) is 0 Å². The van der Waals surface area contributed by atoms with Gasteiger partial charge in [0.1, 0.15) is 17.2 Å². The van der Waals surface area contributed by atoms with Crippen LogP contribution in [0, 0.1) is 0 Å². The van der Waals surface area contributed by atoms with Crippen LogP contribution in [0.5, 0.6) is 0 Å². The Morgan fingerprint density at radius 3 is 1.59 bits per heavy atom. The zero-order valence-corrected chi connectivity index (χ0v) is 20.5. The van der Waals surface area contributed by atoms with Gasteiger partial charge in [0, 0.05) is 52.4 Å². The lowest BCUT2D eigenvalue weighted by Crippen LogP contribution is -2.50. The van der Waals surface area contributed by atoms with Crippen molar-refractivity contribution in [1.82, 2.24) is 30.2 Å². The highest BCUT2D eigenvalue weighted by molar-refractivity contribution is 5.68. The first-order valence-electron chi connectivity index (χ1n) is 11.5. The minimum Gasteiger partial charge on any atom is -0.444 e. The number of hydrogen-bond acceptors (Lipinski definition) is 11. The Bertz CT molecular complexity index is 901. The largest absolute Gasteiger partial charge is 0.444 e. The molecule has 34 heavy (non-hydrogen) atoms. The first-order chi connectivity index (χ1) is 16.1. The van der Waals surface area contributed by atoms with Gasteiger partial charge in [-0.25, -0.2) is 4.79 Å². The van der Waals surface area contributed by atoms with Crippen LogP contribution in [-0.2, 0) is 4.74 Å². The van der Waals surface area contributed by atoms with Crippen molar-refractivity contribution in [2.24, 2.45) is 0 Å². The van der Waals surface area contributed by atoms with Crippen LogP contribution in [0.25, 0.3) is 0 Å². The lowest BCUT2D eigenvalue weighted by Gasteiger charge is -2.35. The number of amides is 1. The highest BCUT2D eigenvalue weighted by Gasteiger charge is 2.26. The number of aromatic nitrogens is 4. The highest BCUT2D eigenvalue weighted by atomic mass is 16.6. The summed E-state index contributed by atoms with van der Waals surface area (Å²) in [6.07, 6.45) is -0.263. The number of rotatable bonds is 2. The number of ether oxygens (including phenoxy) is 1. The fourth-order valence-electron chi connectivity index (χ4n) is 3.49. The summed E-state index contributed by atoms with van der Waals surface area (Å²) in [5.74, 6) is 2.58. The van der Waals surface area contributed by atoms with E-state index in [1.807, 2.05) is 32.9 Å². The number of anilines is 4. The summed E-state index contributed by atoms with van der Waals surface area (Å²) >= 11 is 0. The Hall–Kier alpha value is -3.41.